The summed E-state index contributed by atoms with van der Waals surface area (Å²) in [6.07, 6.45) is 0.944. The van der Waals surface area contributed by atoms with Crippen LogP contribution in [0.1, 0.15) is 11.1 Å². The van der Waals surface area contributed by atoms with Crippen LogP contribution >= 0.6 is 0 Å². The third-order valence-electron chi connectivity index (χ3n) is 11.4. The monoisotopic (exact) mass is 700 g/mol. The molecule has 258 valence electrons. The molecule has 2 nitrogen and oxygen atoms in total. The van der Waals surface area contributed by atoms with Crippen LogP contribution in [0.15, 0.2) is 206 Å². The van der Waals surface area contributed by atoms with Crippen molar-refractivity contribution in [3.8, 4) is 11.1 Å². The first kappa shape index (κ1) is 31.4. The lowest BCUT2D eigenvalue weighted by molar-refractivity contribution is 1.09. The molecule has 1 aliphatic rings. The summed E-state index contributed by atoms with van der Waals surface area (Å²) in [7, 11) is 0. The van der Waals surface area contributed by atoms with Crippen molar-refractivity contribution < 1.29 is 0 Å². The second kappa shape index (κ2) is 12.8. The lowest BCUT2D eigenvalue weighted by Gasteiger charge is -2.33. The highest BCUT2D eigenvalue weighted by Gasteiger charge is 2.24. The van der Waals surface area contributed by atoms with Crippen molar-refractivity contribution in [2.24, 2.45) is 0 Å². The molecular formula is C53H36N2. The molecule has 11 rings (SSSR count). The van der Waals surface area contributed by atoms with Crippen LogP contribution in [0.5, 0.6) is 0 Å². The Balaban J connectivity index is 1.09. The Hall–Kier alpha value is -7.16. The van der Waals surface area contributed by atoms with Gasteiger partial charge in [-0.05, 0) is 103 Å². The number of hydrogen-bond acceptors (Lipinski definition) is 2. The molecule has 0 N–H and O–H groups in total. The van der Waals surface area contributed by atoms with Crippen molar-refractivity contribution in [1.82, 2.24) is 0 Å². The number of anilines is 6. The minimum atomic E-state index is 0.944. The molecule has 0 saturated carbocycles. The summed E-state index contributed by atoms with van der Waals surface area (Å²) < 4.78 is 0. The average molecular weight is 701 g/mol. The largest absolute Gasteiger partial charge is 0.310 e. The van der Waals surface area contributed by atoms with Gasteiger partial charge in [0, 0.05) is 39.9 Å². The van der Waals surface area contributed by atoms with Gasteiger partial charge in [-0.2, -0.15) is 0 Å². The fourth-order valence-corrected chi connectivity index (χ4v) is 8.84. The summed E-state index contributed by atoms with van der Waals surface area (Å²) in [5.41, 5.74) is 12.1. The summed E-state index contributed by atoms with van der Waals surface area (Å²) in [4.78, 5) is 4.90. The molecule has 55 heavy (non-hydrogen) atoms. The van der Waals surface area contributed by atoms with Gasteiger partial charge >= 0.3 is 0 Å². The van der Waals surface area contributed by atoms with Gasteiger partial charge < -0.3 is 9.80 Å². The van der Waals surface area contributed by atoms with Crippen LogP contribution < -0.4 is 9.80 Å². The molecule has 10 aromatic rings. The molecule has 0 spiro atoms. The number of nitrogens with zero attached hydrogens (tertiary/aromatic N) is 2. The highest BCUT2D eigenvalue weighted by Crippen LogP contribution is 2.47. The summed E-state index contributed by atoms with van der Waals surface area (Å²) in [6, 6.07) is 75.6. The predicted molar refractivity (Wildman–Crippen MR) is 234 cm³/mol. The molecular weight excluding hydrogens is 665 g/mol. The zero-order valence-electron chi connectivity index (χ0n) is 30.2. The number of para-hydroxylation sites is 2. The van der Waals surface area contributed by atoms with Crippen molar-refractivity contribution in [1.29, 1.82) is 0 Å². The van der Waals surface area contributed by atoms with E-state index in [2.05, 4.69) is 216 Å². The van der Waals surface area contributed by atoms with Gasteiger partial charge in [0.1, 0.15) is 0 Å². The van der Waals surface area contributed by atoms with E-state index in [0.29, 0.717) is 0 Å². The lowest BCUT2D eigenvalue weighted by Crippen LogP contribution is -2.18. The molecule has 0 aliphatic carbocycles. The maximum absolute atomic E-state index is 2.48. The van der Waals surface area contributed by atoms with E-state index in [1.165, 1.54) is 76.7 Å². The molecule has 1 heterocycles. The Kier molecular flexibility index (Phi) is 7.28. The number of hydrogen-bond donors (Lipinski definition) is 0. The molecule has 0 aromatic heterocycles. The quantitative estimate of drug-likeness (QED) is 0.165. The van der Waals surface area contributed by atoms with E-state index in [-0.39, 0.29) is 0 Å². The summed E-state index contributed by atoms with van der Waals surface area (Å²) in [5, 5.41) is 9.91. The SMILES string of the molecule is c1cc(-c2ccc(N(c3cc4ccccc4c4ccccc34)c3cc4ccccc4c4ccccc34)cc2)cc(N2c3ccccc3Cc3ccccc32)c1. The molecule has 0 saturated heterocycles. The van der Waals surface area contributed by atoms with Gasteiger partial charge in [-0.1, -0.05) is 158 Å². The topological polar surface area (TPSA) is 6.48 Å². The van der Waals surface area contributed by atoms with E-state index in [1.54, 1.807) is 0 Å². The van der Waals surface area contributed by atoms with Crippen molar-refractivity contribution in [3.05, 3.63) is 217 Å². The molecule has 10 aromatic carbocycles. The van der Waals surface area contributed by atoms with Gasteiger partial charge in [-0.15, -0.1) is 0 Å². The van der Waals surface area contributed by atoms with E-state index >= 15 is 0 Å². The summed E-state index contributed by atoms with van der Waals surface area (Å²) in [5.74, 6) is 0. The third kappa shape index (κ3) is 5.18. The first-order valence-corrected chi connectivity index (χ1v) is 19.1. The van der Waals surface area contributed by atoms with E-state index in [4.69, 9.17) is 0 Å². The Morgan fingerprint density at radius 1 is 0.345 bits per heavy atom. The van der Waals surface area contributed by atoms with Gasteiger partial charge in [0.2, 0.25) is 0 Å². The highest BCUT2D eigenvalue weighted by molar-refractivity contribution is 6.18. The molecule has 1 aliphatic heterocycles. The van der Waals surface area contributed by atoms with E-state index in [1.807, 2.05) is 0 Å². The molecule has 0 radical (unpaired) electrons. The normalized spacial score (nSPS) is 12.3. The van der Waals surface area contributed by atoms with E-state index in [9.17, 15) is 0 Å². The van der Waals surface area contributed by atoms with Crippen LogP contribution in [0.25, 0.3) is 54.2 Å². The number of rotatable bonds is 5. The Labute approximate surface area is 320 Å². The van der Waals surface area contributed by atoms with Crippen LogP contribution in [0.2, 0.25) is 0 Å². The second-order valence-corrected chi connectivity index (χ2v) is 14.5. The molecule has 0 unspecified atom stereocenters. The van der Waals surface area contributed by atoms with Gasteiger partial charge in [-0.25, -0.2) is 0 Å². The second-order valence-electron chi connectivity index (χ2n) is 14.5. The van der Waals surface area contributed by atoms with Crippen LogP contribution in [0.4, 0.5) is 34.1 Å². The third-order valence-corrected chi connectivity index (χ3v) is 11.4. The molecule has 0 bridgehead atoms. The van der Waals surface area contributed by atoms with Crippen LogP contribution in [0, 0.1) is 0 Å². The first-order valence-electron chi connectivity index (χ1n) is 19.1. The van der Waals surface area contributed by atoms with Gasteiger partial charge in [0.15, 0.2) is 0 Å². The minimum absolute atomic E-state index is 0.944. The zero-order valence-corrected chi connectivity index (χ0v) is 30.2. The lowest BCUT2D eigenvalue weighted by atomic mass is 9.94. The fraction of sp³-hybridized carbons (Fsp3) is 0.0189. The smallest absolute Gasteiger partial charge is 0.0546 e. The highest BCUT2D eigenvalue weighted by atomic mass is 15.2. The summed E-state index contributed by atoms with van der Waals surface area (Å²) in [6.45, 7) is 0. The van der Waals surface area contributed by atoms with E-state index < -0.39 is 0 Å². The van der Waals surface area contributed by atoms with Crippen LogP contribution in [0.3, 0.4) is 0 Å². The predicted octanol–water partition coefficient (Wildman–Crippen LogP) is 14.8. The first-order chi connectivity index (χ1) is 27.3. The Morgan fingerprint density at radius 2 is 0.818 bits per heavy atom. The molecule has 2 heteroatoms. The maximum atomic E-state index is 2.48. The van der Waals surface area contributed by atoms with Crippen molar-refractivity contribution in [3.63, 3.8) is 0 Å². The Morgan fingerprint density at radius 3 is 1.38 bits per heavy atom. The Bertz CT molecular complexity index is 2920. The van der Waals surface area contributed by atoms with Gasteiger partial charge in [-0.3, -0.25) is 0 Å². The minimum Gasteiger partial charge on any atom is -0.310 e. The van der Waals surface area contributed by atoms with Crippen molar-refractivity contribution >= 4 is 77.2 Å². The fourth-order valence-electron chi connectivity index (χ4n) is 8.84. The van der Waals surface area contributed by atoms with Gasteiger partial charge in [0.05, 0.1) is 11.4 Å². The molecule has 0 atom stereocenters. The molecule has 0 fully saturated rings. The number of benzene rings is 10. The van der Waals surface area contributed by atoms with Gasteiger partial charge in [0.25, 0.3) is 0 Å². The van der Waals surface area contributed by atoms with E-state index in [0.717, 1.165) is 29.2 Å². The van der Waals surface area contributed by atoms with Crippen molar-refractivity contribution in [2.75, 3.05) is 9.80 Å². The standard InChI is InChI=1S/C53H36N2/c1-5-20-44-38(14-1)34-52(48-24-9-7-22-46(44)48)54(53-35-39-15-2-6-21-45(39)47-23-8-10-25-49(47)53)42-30-28-36(29-31-42)37-18-13-19-43(33-37)55-50-26-11-3-16-40(50)32-41-17-4-12-27-51(41)55/h1-31,33-35H,32H2. The number of fused-ring (bicyclic) bond motifs is 8. The zero-order chi connectivity index (χ0) is 36.3. The van der Waals surface area contributed by atoms with Crippen LogP contribution in [-0.2, 0) is 6.42 Å². The van der Waals surface area contributed by atoms with Crippen molar-refractivity contribution in [2.45, 2.75) is 6.42 Å². The summed E-state index contributed by atoms with van der Waals surface area (Å²) >= 11 is 0. The average Bonchev–Trinajstić information content (AvgIpc) is 3.26. The maximum Gasteiger partial charge on any atom is 0.0546 e. The molecule has 0 amide bonds. The van der Waals surface area contributed by atoms with Crippen LogP contribution in [-0.4, -0.2) is 0 Å².